The van der Waals surface area contributed by atoms with Gasteiger partial charge >= 0.3 is 0 Å². The van der Waals surface area contributed by atoms with Gasteiger partial charge in [-0.1, -0.05) is 42.8 Å². The van der Waals surface area contributed by atoms with Gasteiger partial charge in [0.1, 0.15) is 5.75 Å². The maximum atomic E-state index is 13.1. The maximum Gasteiger partial charge on any atom is 0.259 e. The summed E-state index contributed by atoms with van der Waals surface area (Å²) in [6.45, 7) is 3.92. The molecular formula is C29H30N4O4. The summed E-state index contributed by atoms with van der Waals surface area (Å²) in [6.07, 6.45) is 0.648. The molecule has 0 bridgehead atoms. The Hall–Kier alpha value is -4.46. The predicted octanol–water partition coefficient (Wildman–Crippen LogP) is 5.06. The number of nitrogens with one attached hydrogen (secondary N) is 1. The van der Waals surface area contributed by atoms with Gasteiger partial charge in [-0.25, -0.2) is 0 Å². The summed E-state index contributed by atoms with van der Waals surface area (Å²) < 4.78 is 11.6. The number of aromatic nitrogens is 2. The Morgan fingerprint density at radius 3 is 2.32 bits per heavy atom. The minimum absolute atomic E-state index is 0.0723. The van der Waals surface area contributed by atoms with Crippen LogP contribution in [0, 0.1) is 6.92 Å². The standard InChI is InChI=1S/C29H30N4O4/c1-5-24(23-11-6-7-12-25(23)36-18-26(34)33(3)4)30-27(35)20-13-15-21(16-14-20)28-31-32-29(37-28)22-10-8-9-19(2)17-22/h6-17,24H,5,18H2,1-4H3,(H,30,35). The molecule has 0 spiro atoms. The number of carbonyl (C=O) groups is 2. The monoisotopic (exact) mass is 498 g/mol. The van der Waals surface area contributed by atoms with Crippen molar-refractivity contribution >= 4 is 11.8 Å². The average Bonchev–Trinajstić information content (AvgIpc) is 3.41. The van der Waals surface area contributed by atoms with Crippen LogP contribution in [0.4, 0.5) is 0 Å². The van der Waals surface area contributed by atoms with E-state index in [1.54, 1.807) is 44.4 Å². The van der Waals surface area contributed by atoms with Crippen LogP contribution >= 0.6 is 0 Å². The molecule has 0 aliphatic rings. The second-order valence-corrected chi connectivity index (χ2v) is 8.91. The Morgan fingerprint density at radius 2 is 1.65 bits per heavy atom. The van der Waals surface area contributed by atoms with E-state index in [0.717, 1.165) is 22.3 Å². The second-order valence-electron chi connectivity index (χ2n) is 8.91. The molecule has 1 aromatic heterocycles. The first kappa shape index (κ1) is 25.6. The van der Waals surface area contributed by atoms with Gasteiger partial charge in [-0.3, -0.25) is 9.59 Å². The van der Waals surface area contributed by atoms with Crippen LogP contribution in [0.25, 0.3) is 22.9 Å². The summed E-state index contributed by atoms with van der Waals surface area (Å²) >= 11 is 0. The highest BCUT2D eigenvalue weighted by atomic mass is 16.5. The first-order chi connectivity index (χ1) is 17.9. The predicted molar refractivity (Wildman–Crippen MR) is 141 cm³/mol. The van der Waals surface area contributed by atoms with E-state index in [2.05, 4.69) is 15.5 Å². The SMILES string of the molecule is CCC(NC(=O)c1ccc(-c2nnc(-c3cccc(C)c3)o2)cc1)c1ccccc1OCC(=O)N(C)C. The lowest BCUT2D eigenvalue weighted by Crippen LogP contribution is -2.30. The van der Waals surface area contributed by atoms with Gasteiger partial charge < -0.3 is 19.4 Å². The fourth-order valence-electron chi connectivity index (χ4n) is 3.81. The molecule has 3 aromatic carbocycles. The summed E-state index contributed by atoms with van der Waals surface area (Å²) in [5.41, 5.74) is 4.00. The number of hydrogen-bond acceptors (Lipinski definition) is 6. The van der Waals surface area contributed by atoms with Gasteiger partial charge in [0.25, 0.3) is 11.8 Å². The molecule has 1 N–H and O–H groups in total. The van der Waals surface area contributed by atoms with E-state index in [0.29, 0.717) is 29.5 Å². The molecule has 37 heavy (non-hydrogen) atoms. The lowest BCUT2D eigenvalue weighted by Gasteiger charge is -2.21. The van der Waals surface area contributed by atoms with E-state index in [-0.39, 0.29) is 24.5 Å². The van der Waals surface area contributed by atoms with Gasteiger partial charge in [0, 0.05) is 36.3 Å². The molecule has 4 rings (SSSR count). The largest absolute Gasteiger partial charge is 0.483 e. The number of benzene rings is 3. The van der Waals surface area contributed by atoms with Gasteiger partial charge in [0.15, 0.2) is 6.61 Å². The van der Waals surface area contributed by atoms with Crippen molar-refractivity contribution < 1.29 is 18.7 Å². The molecule has 0 aliphatic heterocycles. The third-order valence-electron chi connectivity index (χ3n) is 5.94. The first-order valence-corrected chi connectivity index (χ1v) is 12.1. The van der Waals surface area contributed by atoms with Crippen LogP contribution in [0.1, 0.15) is 40.9 Å². The lowest BCUT2D eigenvalue weighted by atomic mass is 10.0. The number of nitrogens with zero attached hydrogens (tertiary/aromatic N) is 3. The van der Waals surface area contributed by atoms with Crippen molar-refractivity contribution in [2.24, 2.45) is 0 Å². The average molecular weight is 499 g/mol. The van der Waals surface area contributed by atoms with Crippen molar-refractivity contribution in [1.29, 1.82) is 0 Å². The zero-order chi connectivity index (χ0) is 26.4. The smallest absolute Gasteiger partial charge is 0.259 e. The Kier molecular flexibility index (Phi) is 7.98. The van der Waals surface area contributed by atoms with Gasteiger partial charge in [-0.05, 0) is 55.8 Å². The number of aryl methyl sites for hydroxylation is 1. The summed E-state index contributed by atoms with van der Waals surface area (Å²) in [5.74, 6) is 1.04. The number of likely N-dealkylation sites (N-methyl/N-ethyl adjacent to an activating group) is 1. The topological polar surface area (TPSA) is 97.6 Å². The summed E-state index contributed by atoms with van der Waals surface area (Å²) in [7, 11) is 3.36. The number of rotatable bonds is 9. The minimum Gasteiger partial charge on any atom is -0.483 e. The molecule has 4 aromatic rings. The quantitative estimate of drug-likeness (QED) is 0.346. The second kappa shape index (κ2) is 11.5. The number of amides is 2. The van der Waals surface area contributed by atoms with Crippen molar-refractivity contribution in [3.05, 3.63) is 89.5 Å². The third kappa shape index (κ3) is 6.22. The van der Waals surface area contributed by atoms with E-state index >= 15 is 0 Å². The molecule has 1 unspecified atom stereocenters. The minimum atomic E-state index is -0.286. The summed E-state index contributed by atoms with van der Waals surface area (Å²) in [6, 6.07) is 22.0. The molecular weight excluding hydrogens is 468 g/mol. The maximum absolute atomic E-state index is 13.1. The molecule has 2 amide bonds. The van der Waals surface area contributed by atoms with E-state index in [9.17, 15) is 9.59 Å². The van der Waals surface area contributed by atoms with Gasteiger partial charge in [-0.2, -0.15) is 0 Å². The van der Waals surface area contributed by atoms with E-state index < -0.39 is 0 Å². The van der Waals surface area contributed by atoms with Gasteiger partial charge in [0.05, 0.1) is 6.04 Å². The van der Waals surface area contributed by atoms with Crippen molar-refractivity contribution in [3.63, 3.8) is 0 Å². The first-order valence-electron chi connectivity index (χ1n) is 12.1. The van der Waals surface area contributed by atoms with E-state index in [1.165, 1.54) is 4.90 Å². The molecule has 1 heterocycles. The van der Waals surface area contributed by atoms with Crippen molar-refractivity contribution in [3.8, 4) is 28.7 Å². The normalized spacial score (nSPS) is 11.6. The Bertz CT molecular complexity index is 1380. The highest BCUT2D eigenvalue weighted by Gasteiger charge is 2.19. The zero-order valence-electron chi connectivity index (χ0n) is 21.4. The fraction of sp³-hybridized carbons (Fsp3) is 0.241. The number of para-hydroxylation sites is 1. The third-order valence-corrected chi connectivity index (χ3v) is 5.94. The van der Waals surface area contributed by atoms with Gasteiger partial charge in [0.2, 0.25) is 11.8 Å². The number of carbonyl (C=O) groups excluding carboxylic acids is 2. The van der Waals surface area contributed by atoms with Crippen molar-refractivity contribution in [2.45, 2.75) is 26.3 Å². The van der Waals surface area contributed by atoms with Crippen LogP contribution in [0.15, 0.2) is 77.2 Å². The summed E-state index contributed by atoms with van der Waals surface area (Å²) in [5, 5.41) is 11.4. The molecule has 8 nitrogen and oxygen atoms in total. The fourth-order valence-corrected chi connectivity index (χ4v) is 3.81. The van der Waals surface area contributed by atoms with E-state index in [1.807, 2.05) is 56.3 Å². The van der Waals surface area contributed by atoms with Crippen LogP contribution < -0.4 is 10.1 Å². The molecule has 0 saturated carbocycles. The van der Waals surface area contributed by atoms with E-state index in [4.69, 9.17) is 9.15 Å². The van der Waals surface area contributed by atoms with Crippen LogP contribution in [-0.2, 0) is 4.79 Å². The molecule has 0 radical (unpaired) electrons. The molecule has 1 atom stereocenters. The molecule has 190 valence electrons. The summed E-state index contributed by atoms with van der Waals surface area (Å²) in [4.78, 5) is 26.5. The Balaban J connectivity index is 1.45. The van der Waals surface area contributed by atoms with Crippen molar-refractivity contribution in [1.82, 2.24) is 20.4 Å². The molecule has 8 heteroatoms. The number of hydrogen-bond donors (Lipinski definition) is 1. The Morgan fingerprint density at radius 1 is 0.946 bits per heavy atom. The van der Waals surface area contributed by atoms with Crippen LogP contribution in [-0.4, -0.2) is 47.6 Å². The van der Waals surface area contributed by atoms with Crippen LogP contribution in [0.5, 0.6) is 5.75 Å². The van der Waals surface area contributed by atoms with Crippen LogP contribution in [0.2, 0.25) is 0 Å². The molecule has 0 saturated heterocycles. The highest BCUT2D eigenvalue weighted by Crippen LogP contribution is 2.28. The number of ether oxygens (including phenoxy) is 1. The Labute approximate surface area is 216 Å². The molecule has 0 aliphatic carbocycles. The van der Waals surface area contributed by atoms with Crippen molar-refractivity contribution in [2.75, 3.05) is 20.7 Å². The molecule has 0 fully saturated rings. The zero-order valence-corrected chi connectivity index (χ0v) is 21.4. The lowest BCUT2D eigenvalue weighted by molar-refractivity contribution is -0.130. The highest BCUT2D eigenvalue weighted by molar-refractivity contribution is 5.94. The van der Waals surface area contributed by atoms with Gasteiger partial charge in [-0.15, -0.1) is 10.2 Å². The van der Waals surface area contributed by atoms with Crippen LogP contribution in [0.3, 0.4) is 0 Å².